The Morgan fingerprint density at radius 1 is 1.33 bits per heavy atom. The van der Waals surface area contributed by atoms with Crippen LogP contribution in [0.1, 0.15) is 35.6 Å². The van der Waals surface area contributed by atoms with E-state index in [9.17, 15) is 9.90 Å². The van der Waals surface area contributed by atoms with Crippen LogP contribution in [-0.4, -0.2) is 34.2 Å². The first-order valence-electron chi connectivity index (χ1n) is 9.16. The van der Waals surface area contributed by atoms with Gasteiger partial charge in [0.05, 0.1) is 0 Å². The predicted octanol–water partition coefficient (Wildman–Crippen LogP) is 3.11. The van der Waals surface area contributed by atoms with E-state index in [0.717, 1.165) is 45.5 Å². The van der Waals surface area contributed by atoms with Crippen molar-refractivity contribution < 1.29 is 9.90 Å². The van der Waals surface area contributed by atoms with Crippen LogP contribution in [0.15, 0.2) is 54.5 Å². The molecule has 0 saturated carbocycles. The van der Waals surface area contributed by atoms with E-state index in [0.29, 0.717) is 12.8 Å². The SMILES string of the molecule is CC1=CC(c2cc3c(c(Cc4cccnc4)c2)NC(=O)CC3)=CN(C)C1O. The summed E-state index contributed by atoms with van der Waals surface area (Å²) in [6.07, 6.45) is 8.99. The Morgan fingerprint density at radius 3 is 2.93 bits per heavy atom. The molecule has 138 valence electrons. The Balaban J connectivity index is 1.79. The highest BCUT2D eigenvalue weighted by Crippen LogP contribution is 2.34. The zero-order valence-corrected chi connectivity index (χ0v) is 15.6. The maximum absolute atomic E-state index is 12.0. The second-order valence-electron chi connectivity index (χ2n) is 7.27. The van der Waals surface area contributed by atoms with Gasteiger partial charge in [0.15, 0.2) is 0 Å². The Morgan fingerprint density at radius 2 is 2.19 bits per heavy atom. The molecular weight excluding hydrogens is 338 g/mol. The average molecular weight is 361 g/mol. The highest BCUT2D eigenvalue weighted by molar-refractivity contribution is 5.95. The zero-order chi connectivity index (χ0) is 19.0. The first-order chi connectivity index (χ1) is 13.0. The molecule has 0 fully saturated rings. The molecule has 0 radical (unpaired) electrons. The molecule has 1 amide bonds. The fourth-order valence-corrected chi connectivity index (χ4v) is 3.73. The van der Waals surface area contributed by atoms with Crippen LogP contribution in [-0.2, 0) is 17.6 Å². The van der Waals surface area contributed by atoms with Crippen molar-refractivity contribution in [3.63, 3.8) is 0 Å². The van der Waals surface area contributed by atoms with Crippen LogP contribution in [0.2, 0.25) is 0 Å². The van der Waals surface area contributed by atoms with Gasteiger partial charge in [0.1, 0.15) is 6.23 Å². The van der Waals surface area contributed by atoms with Crippen LogP contribution in [0.4, 0.5) is 5.69 Å². The van der Waals surface area contributed by atoms with E-state index in [1.165, 1.54) is 0 Å². The lowest BCUT2D eigenvalue weighted by molar-refractivity contribution is -0.116. The first kappa shape index (κ1) is 17.5. The monoisotopic (exact) mass is 361 g/mol. The minimum Gasteiger partial charge on any atom is -0.370 e. The molecule has 2 aliphatic rings. The van der Waals surface area contributed by atoms with E-state index < -0.39 is 6.23 Å². The molecule has 0 aliphatic carbocycles. The molecule has 0 bridgehead atoms. The standard InChI is InChI=1S/C22H23N3O2/c1-14-8-19(13-25(2)22(14)27)17-10-16-5-6-20(26)24-21(16)18(11-17)9-15-4-3-7-23-12-15/h3-4,7-8,10-13,22,27H,5-6,9H2,1-2H3,(H,24,26). The van der Waals surface area contributed by atoms with Crippen molar-refractivity contribution in [3.05, 3.63) is 76.8 Å². The van der Waals surface area contributed by atoms with E-state index in [-0.39, 0.29) is 5.91 Å². The maximum atomic E-state index is 12.0. The van der Waals surface area contributed by atoms with Crippen molar-refractivity contribution in [2.75, 3.05) is 12.4 Å². The predicted molar refractivity (Wildman–Crippen MR) is 106 cm³/mol. The Hall–Kier alpha value is -2.92. The minimum absolute atomic E-state index is 0.0677. The summed E-state index contributed by atoms with van der Waals surface area (Å²) in [4.78, 5) is 18.0. The van der Waals surface area contributed by atoms with E-state index in [1.54, 1.807) is 6.20 Å². The van der Waals surface area contributed by atoms with Gasteiger partial charge in [-0.05, 0) is 71.0 Å². The van der Waals surface area contributed by atoms with Crippen molar-refractivity contribution in [3.8, 4) is 0 Å². The minimum atomic E-state index is -0.583. The second kappa shape index (κ2) is 7.00. The number of aromatic nitrogens is 1. The van der Waals surface area contributed by atoms with Crippen LogP contribution >= 0.6 is 0 Å². The number of anilines is 1. The van der Waals surface area contributed by atoms with Gasteiger partial charge in [-0.15, -0.1) is 0 Å². The molecule has 1 aromatic heterocycles. The highest BCUT2D eigenvalue weighted by Gasteiger charge is 2.22. The van der Waals surface area contributed by atoms with Gasteiger partial charge in [0.2, 0.25) is 5.91 Å². The molecule has 5 heteroatoms. The van der Waals surface area contributed by atoms with Gasteiger partial charge in [0, 0.05) is 44.2 Å². The number of carbonyl (C=O) groups excluding carboxylic acids is 1. The number of hydrogen-bond donors (Lipinski definition) is 2. The number of carbonyl (C=O) groups is 1. The average Bonchev–Trinajstić information content (AvgIpc) is 2.66. The van der Waals surface area contributed by atoms with E-state index in [2.05, 4.69) is 22.4 Å². The number of nitrogens with zero attached hydrogens (tertiary/aromatic N) is 2. The molecule has 1 atom stereocenters. The Kier molecular flexibility index (Phi) is 4.54. The van der Waals surface area contributed by atoms with Crippen molar-refractivity contribution in [1.82, 2.24) is 9.88 Å². The fourth-order valence-electron chi connectivity index (χ4n) is 3.73. The summed E-state index contributed by atoms with van der Waals surface area (Å²) in [5.74, 6) is 0.0677. The number of rotatable bonds is 3. The summed E-state index contributed by atoms with van der Waals surface area (Å²) in [6.45, 7) is 1.93. The highest BCUT2D eigenvalue weighted by atomic mass is 16.3. The van der Waals surface area contributed by atoms with Crippen LogP contribution in [0.25, 0.3) is 5.57 Å². The summed E-state index contributed by atoms with van der Waals surface area (Å²) in [5, 5.41) is 13.2. The molecule has 4 rings (SSSR count). The van der Waals surface area contributed by atoms with Crippen LogP contribution in [0.5, 0.6) is 0 Å². The first-order valence-corrected chi connectivity index (χ1v) is 9.16. The topological polar surface area (TPSA) is 65.5 Å². The molecule has 27 heavy (non-hydrogen) atoms. The molecule has 5 nitrogen and oxygen atoms in total. The molecule has 1 unspecified atom stereocenters. The number of amides is 1. The zero-order valence-electron chi connectivity index (χ0n) is 15.6. The fraction of sp³-hybridized carbons (Fsp3) is 0.273. The van der Waals surface area contributed by atoms with Crippen molar-refractivity contribution in [2.45, 2.75) is 32.4 Å². The smallest absolute Gasteiger partial charge is 0.224 e. The molecule has 2 N–H and O–H groups in total. The van der Waals surface area contributed by atoms with Gasteiger partial charge in [0.25, 0.3) is 0 Å². The summed E-state index contributed by atoms with van der Waals surface area (Å²) in [7, 11) is 1.87. The third-order valence-electron chi connectivity index (χ3n) is 5.16. The van der Waals surface area contributed by atoms with Crippen LogP contribution in [0, 0.1) is 0 Å². The van der Waals surface area contributed by atoms with Crippen LogP contribution in [0.3, 0.4) is 0 Å². The molecule has 2 aromatic rings. The van der Waals surface area contributed by atoms with Gasteiger partial charge in [-0.1, -0.05) is 6.07 Å². The Bertz CT molecular complexity index is 948. The lowest BCUT2D eigenvalue weighted by Gasteiger charge is -2.29. The summed E-state index contributed by atoms with van der Waals surface area (Å²) < 4.78 is 0. The molecule has 2 aliphatic heterocycles. The number of fused-ring (bicyclic) bond motifs is 1. The molecule has 0 spiro atoms. The van der Waals surface area contributed by atoms with Gasteiger partial charge in [-0.3, -0.25) is 9.78 Å². The lowest BCUT2D eigenvalue weighted by atomic mass is 9.90. The number of nitrogens with one attached hydrogen (secondary N) is 1. The van der Waals surface area contributed by atoms with Crippen LogP contribution < -0.4 is 5.32 Å². The summed E-state index contributed by atoms with van der Waals surface area (Å²) >= 11 is 0. The number of aliphatic hydroxyl groups excluding tert-OH is 1. The van der Waals surface area contributed by atoms with Gasteiger partial charge < -0.3 is 15.3 Å². The number of hydrogen-bond acceptors (Lipinski definition) is 4. The van der Waals surface area contributed by atoms with E-state index >= 15 is 0 Å². The number of benzene rings is 1. The van der Waals surface area contributed by atoms with Gasteiger partial charge in [-0.2, -0.15) is 0 Å². The quantitative estimate of drug-likeness (QED) is 0.882. The number of likely N-dealkylation sites (N-methyl/N-ethyl adjacent to an activating group) is 1. The Labute approximate surface area is 159 Å². The third kappa shape index (κ3) is 3.51. The number of aryl methyl sites for hydroxylation is 1. The molecular formula is C22H23N3O2. The molecule has 1 aromatic carbocycles. The van der Waals surface area contributed by atoms with E-state index in [4.69, 9.17) is 0 Å². The molecule has 0 saturated heterocycles. The maximum Gasteiger partial charge on any atom is 0.224 e. The van der Waals surface area contributed by atoms with Crippen molar-refractivity contribution in [2.24, 2.45) is 0 Å². The second-order valence-corrected chi connectivity index (χ2v) is 7.27. The number of allylic oxidation sites excluding steroid dienone is 2. The third-order valence-corrected chi connectivity index (χ3v) is 5.16. The lowest BCUT2D eigenvalue weighted by Crippen LogP contribution is -2.30. The summed E-state index contributed by atoms with van der Waals surface area (Å²) in [5.41, 5.74) is 7.36. The largest absolute Gasteiger partial charge is 0.370 e. The van der Waals surface area contributed by atoms with Crippen molar-refractivity contribution in [1.29, 1.82) is 0 Å². The van der Waals surface area contributed by atoms with Crippen molar-refractivity contribution >= 4 is 17.2 Å². The normalized spacial score (nSPS) is 19.1. The van der Waals surface area contributed by atoms with E-state index in [1.807, 2.05) is 49.5 Å². The number of pyridine rings is 1. The van der Waals surface area contributed by atoms with Gasteiger partial charge >= 0.3 is 0 Å². The molecule has 3 heterocycles. The number of aliphatic hydroxyl groups is 1. The summed E-state index contributed by atoms with van der Waals surface area (Å²) in [6, 6.07) is 8.27. The van der Waals surface area contributed by atoms with Gasteiger partial charge in [-0.25, -0.2) is 0 Å².